The molecule has 5 heteroatoms. The number of halogens is 1. The van der Waals surface area contributed by atoms with Crippen LogP contribution in [0.5, 0.6) is 0 Å². The van der Waals surface area contributed by atoms with Gasteiger partial charge in [-0.15, -0.1) is 0 Å². The first-order valence-electron chi connectivity index (χ1n) is 6.63. The van der Waals surface area contributed by atoms with Gasteiger partial charge in [-0.3, -0.25) is 0 Å². The topological polar surface area (TPSA) is 49.8 Å². The predicted molar refractivity (Wildman–Crippen MR) is 80.1 cm³/mol. The van der Waals surface area contributed by atoms with Gasteiger partial charge in [0.25, 0.3) is 0 Å². The van der Waals surface area contributed by atoms with Crippen LogP contribution < -0.4 is 10.6 Å². The zero-order chi connectivity index (χ0) is 14.7. The first-order chi connectivity index (χ1) is 9.55. The lowest BCUT2D eigenvalue weighted by Gasteiger charge is -2.13. The quantitative estimate of drug-likeness (QED) is 0.894. The molecule has 0 saturated heterocycles. The van der Waals surface area contributed by atoms with Gasteiger partial charge in [-0.1, -0.05) is 6.92 Å². The Morgan fingerprint density at radius 1 is 1.15 bits per heavy atom. The Morgan fingerprint density at radius 3 is 2.45 bits per heavy atom. The number of hydrogen-bond donors (Lipinski definition) is 2. The van der Waals surface area contributed by atoms with Crippen LogP contribution >= 0.6 is 0 Å². The Labute approximate surface area is 118 Å². The normalized spacial score (nSPS) is 10.4. The van der Waals surface area contributed by atoms with Crippen molar-refractivity contribution < 1.29 is 4.39 Å². The molecule has 106 valence electrons. The number of hydrogen-bond acceptors (Lipinski definition) is 4. The molecule has 20 heavy (non-hydrogen) atoms. The van der Waals surface area contributed by atoms with Gasteiger partial charge in [-0.05, 0) is 37.6 Å². The van der Waals surface area contributed by atoms with E-state index in [0.29, 0.717) is 5.56 Å². The average molecular weight is 274 g/mol. The lowest BCUT2D eigenvalue weighted by molar-refractivity contribution is 0.619. The van der Waals surface area contributed by atoms with Gasteiger partial charge < -0.3 is 10.6 Å². The smallest absolute Gasteiger partial charge is 0.139 e. The molecule has 0 atom stereocenters. The monoisotopic (exact) mass is 274 g/mol. The number of nitrogens with zero attached hydrogens (tertiary/aromatic N) is 2. The minimum atomic E-state index is -0.208. The van der Waals surface area contributed by atoms with E-state index in [2.05, 4.69) is 20.6 Å². The van der Waals surface area contributed by atoms with Crippen molar-refractivity contribution in [1.29, 1.82) is 0 Å². The van der Waals surface area contributed by atoms with Crippen molar-refractivity contribution in [2.24, 2.45) is 0 Å². The van der Waals surface area contributed by atoms with E-state index in [1.807, 2.05) is 20.9 Å². The Balaban J connectivity index is 2.39. The summed E-state index contributed by atoms with van der Waals surface area (Å²) >= 11 is 0. The Bertz CT molecular complexity index is 626. The first-order valence-corrected chi connectivity index (χ1v) is 6.63. The van der Waals surface area contributed by atoms with Gasteiger partial charge in [0.1, 0.15) is 23.3 Å². The SMILES string of the molecule is CCc1nc(NC)c(C)c(Nc2ccc(F)c(C)c2)n1. The lowest BCUT2D eigenvalue weighted by Crippen LogP contribution is -2.07. The van der Waals surface area contributed by atoms with Crippen LogP contribution in [0.1, 0.15) is 23.9 Å². The molecule has 2 aromatic rings. The third-order valence-electron chi connectivity index (χ3n) is 3.17. The summed E-state index contributed by atoms with van der Waals surface area (Å²) < 4.78 is 13.3. The van der Waals surface area contributed by atoms with Crippen molar-refractivity contribution in [2.75, 3.05) is 17.7 Å². The summed E-state index contributed by atoms with van der Waals surface area (Å²) in [5, 5.41) is 6.30. The van der Waals surface area contributed by atoms with Crippen LogP contribution in [0.2, 0.25) is 0 Å². The number of nitrogens with one attached hydrogen (secondary N) is 2. The minimum absolute atomic E-state index is 0.208. The number of aromatic nitrogens is 2. The largest absolute Gasteiger partial charge is 0.373 e. The maximum Gasteiger partial charge on any atom is 0.139 e. The highest BCUT2D eigenvalue weighted by molar-refractivity contribution is 5.65. The van der Waals surface area contributed by atoms with Crippen molar-refractivity contribution in [3.8, 4) is 0 Å². The molecule has 0 unspecified atom stereocenters. The van der Waals surface area contributed by atoms with Crippen molar-refractivity contribution in [1.82, 2.24) is 9.97 Å². The van der Waals surface area contributed by atoms with E-state index in [-0.39, 0.29) is 5.82 Å². The molecule has 1 aromatic carbocycles. The Kier molecular flexibility index (Phi) is 4.17. The van der Waals surface area contributed by atoms with E-state index in [4.69, 9.17) is 0 Å². The van der Waals surface area contributed by atoms with Crippen LogP contribution in [0, 0.1) is 19.7 Å². The molecule has 0 fully saturated rings. The van der Waals surface area contributed by atoms with E-state index in [1.54, 1.807) is 19.1 Å². The van der Waals surface area contributed by atoms with E-state index in [9.17, 15) is 4.39 Å². The summed E-state index contributed by atoms with van der Waals surface area (Å²) in [6.45, 7) is 5.70. The summed E-state index contributed by atoms with van der Waals surface area (Å²) in [6.07, 6.45) is 0.756. The molecular formula is C15H19FN4. The summed E-state index contributed by atoms with van der Waals surface area (Å²) in [5.41, 5.74) is 2.35. The van der Waals surface area contributed by atoms with Crippen LogP contribution in [0.4, 0.5) is 21.7 Å². The average Bonchev–Trinajstić information content (AvgIpc) is 2.45. The van der Waals surface area contributed by atoms with Crippen LogP contribution in [0.3, 0.4) is 0 Å². The minimum Gasteiger partial charge on any atom is -0.373 e. The number of rotatable bonds is 4. The standard InChI is InChI=1S/C15H19FN4/c1-5-13-19-14(17-4)10(3)15(20-13)18-11-6-7-12(16)9(2)8-11/h6-8H,5H2,1-4H3,(H2,17,18,19,20). The fourth-order valence-electron chi connectivity index (χ4n) is 1.95. The fraction of sp³-hybridized carbons (Fsp3) is 0.333. The van der Waals surface area contributed by atoms with Gasteiger partial charge in [-0.2, -0.15) is 0 Å². The van der Waals surface area contributed by atoms with Crippen LogP contribution in [0.25, 0.3) is 0 Å². The lowest BCUT2D eigenvalue weighted by atomic mass is 10.2. The van der Waals surface area contributed by atoms with Gasteiger partial charge in [0.15, 0.2) is 0 Å². The second-order valence-corrected chi connectivity index (χ2v) is 4.65. The van der Waals surface area contributed by atoms with Crippen molar-refractivity contribution in [2.45, 2.75) is 27.2 Å². The van der Waals surface area contributed by atoms with Crippen molar-refractivity contribution >= 4 is 17.3 Å². The maximum absolute atomic E-state index is 13.3. The first kappa shape index (κ1) is 14.2. The third-order valence-corrected chi connectivity index (χ3v) is 3.17. The van der Waals surface area contributed by atoms with E-state index < -0.39 is 0 Å². The molecule has 0 aliphatic heterocycles. The molecule has 0 aliphatic rings. The van der Waals surface area contributed by atoms with Gasteiger partial charge in [0.05, 0.1) is 0 Å². The Hall–Kier alpha value is -2.17. The molecule has 1 heterocycles. The number of aryl methyl sites for hydroxylation is 2. The third kappa shape index (κ3) is 2.87. The van der Waals surface area contributed by atoms with Crippen molar-refractivity contribution in [3.63, 3.8) is 0 Å². The van der Waals surface area contributed by atoms with Crippen LogP contribution in [0.15, 0.2) is 18.2 Å². The van der Waals surface area contributed by atoms with Gasteiger partial charge in [-0.25, -0.2) is 14.4 Å². The highest BCUT2D eigenvalue weighted by atomic mass is 19.1. The summed E-state index contributed by atoms with van der Waals surface area (Å²) in [4.78, 5) is 8.91. The van der Waals surface area contributed by atoms with E-state index >= 15 is 0 Å². The molecular weight excluding hydrogens is 255 g/mol. The molecule has 0 spiro atoms. The highest BCUT2D eigenvalue weighted by Gasteiger charge is 2.10. The van der Waals surface area contributed by atoms with Gasteiger partial charge in [0.2, 0.25) is 0 Å². The molecule has 0 aliphatic carbocycles. The molecule has 4 nitrogen and oxygen atoms in total. The van der Waals surface area contributed by atoms with Crippen LogP contribution in [-0.4, -0.2) is 17.0 Å². The zero-order valence-corrected chi connectivity index (χ0v) is 12.2. The highest BCUT2D eigenvalue weighted by Crippen LogP contribution is 2.24. The molecule has 0 amide bonds. The summed E-state index contributed by atoms with van der Waals surface area (Å²) in [6, 6.07) is 4.92. The number of benzene rings is 1. The molecule has 2 N–H and O–H groups in total. The summed E-state index contributed by atoms with van der Waals surface area (Å²) in [7, 11) is 1.83. The zero-order valence-electron chi connectivity index (χ0n) is 12.2. The van der Waals surface area contributed by atoms with Crippen LogP contribution in [-0.2, 0) is 6.42 Å². The second kappa shape index (κ2) is 5.86. The molecule has 0 radical (unpaired) electrons. The molecule has 2 rings (SSSR count). The molecule has 1 aromatic heterocycles. The molecule has 0 saturated carbocycles. The van der Waals surface area contributed by atoms with Gasteiger partial charge >= 0.3 is 0 Å². The predicted octanol–water partition coefficient (Wildman–Crippen LogP) is 3.58. The second-order valence-electron chi connectivity index (χ2n) is 4.65. The summed E-state index contributed by atoms with van der Waals surface area (Å²) in [5.74, 6) is 2.10. The van der Waals surface area contributed by atoms with E-state index in [0.717, 1.165) is 35.1 Å². The molecule has 0 bridgehead atoms. The fourth-order valence-corrected chi connectivity index (χ4v) is 1.95. The van der Waals surface area contributed by atoms with E-state index in [1.165, 1.54) is 6.07 Å². The van der Waals surface area contributed by atoms with Crippen molar-refractivity contribution in [3.05, 3.63) is 41.0 Å². The number of anilines is 3. The maximum atomic E-state index is 13.3. The Morgan fingerprint density at radius 2 is 1.85 bits per heavy atom. The van der Waals surface area contributed by atoms with Gasteiger partial charge in [0, 0.05) is 24.7 Å².